The van der Waals surface area contributed by atoms with Crippen LogP contribution in [0, 0.1) is 5.41 Å². The zero-order chi connectivity index (χ0) is 14.3. The van der Waals surface area contributed by atoms with Crippen molar-refractivity contribution in [3.8, 4) is 0 Å². The van der Waals surface area contributed by atoms with Crippen molar-refractivity contribution < 1.29 is 4.74 Å². The van der Waals surface area contributed by atoms with E-state index in [2.05, 4.69) is 69.9 Å². The molecule has 0 spiro atoms. The summed E-state index contributed by atoms with van der Waals surface area (Å²) in [7, 11) is 0. The van der Waals surface area contributed by atoms with Crippen LogP contribution in [-0.2, 0) is 4.74 Å². The first-order chi connectivity index (χ1) is 8.99. The number of ether oxygens (including phenoxy) is 1. The maximum atomic E-state index is 6.19. The lowest BCUT2D eigenvalue weighted by atomic mass is 9.84. The fourth-order valence-corrected chi connectivity index (χ4v) is 2.31. The normalized spacial score (nSPS) is 13.8. The smallest absolute Gasteiger partial charge is 0.0873 e. The predicted octanol–water partition coefficient (Wildman–Crippen LogP) is 4.13. The molecule has 0 aliphatic rings. The third kappa shape index (κ3) is 5.33. The van der Waals surface area contributed by atoms with Crippen molar-refractivity contribution in [1.29, 1.82) is 0 Å². The Morgan fingerprint density at radius 3 is 2.11 bits per heavy atom. The van der Waals surface area contributed by atoms with E-state index in [0.717, 1.165) is 26.2 Å². The third-order valence-corrected chi connectivity index (χ3v) is 3.48. The summed E-state index contributed by atoms with van der Waals surface area (Å²) in [6.07, 6.45) is 0.157. The summed E-state index contributed by atoms with van der Waals surface area (Å²) < 4.78 is 6.19. The molecule has 0 amide bonds. The largest absolute Gasteiger partial charge is 0.372 e. The van der Waals surface area contributed by atoms with Crippen molar-refractivity contribution in [1.82, 2.24) is 4.90 Å². The number of rotatable bonds is 7. The Morgan fingerprint density at radius 1 is 1.05 bits per heavy atom. The maximum absolute atomic E-state index is 6.19. The second kappa shape index (κ2) is 7.66. The van der Waals surface area contributed by atoms with E-state index in [4.69, 9.17) is 4.74 Å². The monoisotopic (exact) mass is 263 g/mol. The molecule has 0 bridgehead atoms. The van der Waals surface area contributed by atoms with Gasteiger partial charge in [-0.25, -0.2) is 0 Å². The van der Waals surface area contributed by atoms with E-state index in [1.807, 2.05) is 0 Å². The molecule has 2 nitrogen and oxygen atoms in total. The topological polar surface area (TPSA) is 12.5 Å². The molecule has 1 atom stereocenters. The van der Waals surface area contributed by atoms with Crippen LogP contribution in [0.5, 0.6) is 0 Å². The van der Waals surface area contributed by atoms with E-state index < -0.39 is 0 Å². The Hall–Kier alpha value is -0.860. The third-order valence-electron chi connectivity index (χ3n) is 3.48. The summed E-state index contributed by atoms with van der Waals surface area (Å²) in [5.74, 6) is 0. The van der Waals surface area contributed by atoms with Crippen LogP contribution < -0.4 is 0 Å². The standard InChI is InChI=1S/C17H29NO/c1-6-18(7-2)13-14-19-16(17(3,4)5)15-11-9-8-10-12-15/h8-12,16H,6-7,13-14H2,1-5H3. The molecule has 108 valence electrons. The maximum Gasteiger partial charge on any atom is 0.0873 e. The Kier molecular flexibility index (Phi) is 6.53. The van der Waals surface area contributed by atoms with Gasteiger partial charge in [-0.15, -0.1) is 0 Å². The number of hydrogen-bond donors (Lipinski definition) is 0. The van der Waals surface area contributed by atoms with Gasteiger partial charge in [0.05, 0.1) is 12.7 Å². The van der Waals surface area contributed by atoms with Gasteiger partial charge >= 0.3 is 0 Å². The Balaban J connectivity index is 2.62. The molecular formula is C17H29NO. The fourth-order valence-electron chi connectivity index (χ4n) is 2.31. The van der Waals surface area contributed by atoms with Gasteiger partial charge < -0.3 is 9.64 Å². The molecule has 0 N–H and O–H groups in total. The van der Waals surface area contributed by atoms with Gasteiger partial charge in [0.25, 0.3) is 0 Å². The predicted molar refractivity (Wildman–Crippen MR) is 82.4 cm³/mol. The molecule has 0 saturated heterocycles. The van der Waals surface area contributed by atoms with Crippen LogP contribution in [0.15, 0.2) is 30.3 Å². The van der Waals surface area contributed by atoms with Crippen molar-refractivity contribution in [3.05, 3.63) is 35.9 Å². The molecule has 0 aromatic heterocycles. The van der Waals surface area contributed by atoms with Crippen molar-refractivity contribution >= 4 is 0 Å². The average molecular weight is 263 g/mol. The second-order valence-corrected chi connectivity index (χ2v) is 6.05. The van der Waals surface area contributed by atoms with Crippen molar-refractivity contribution in [2.24, 2.45) is 5.41 Å². The zero-order valence-electron chi connectivity index (χ0n) is 13.1. The van der Waals surface area contributed by atoms with Crippen LogP contribution in [0.25, 0.3) is 0 Å². The molecule has 2 heteroatoms. The molecule has 0 fully saturated rings. The lowest BCUT2D eigenvalue weighted by molar-refractivity contribution is -0.0272. The highest BCUT2D eigenvalue weighted by molar-refractivity contribution is 5.19. The van der Waals surface area contributed by atoms with Gasteiger partial charge in [0.2, 0.25) is 0 Å². The number of benzene rings is 1. The van der Waals surface area contributed by atoms with Crippen LogP contribution in [0.4, 0.5) is 0 Å². The van der Waals surface area contributed by atoms with Gasteiger partial charge in [0.15, 0.2) is 0 Å². The molecule has 1 unspecified atom stereocenters. The Labute approximate surface area is 118 Å². The zero-order valence-corrected chi connectivity index (χ0v) is 13.1. The summed E-state index contributed by atoms with van der Waals surface area (Å²) >= 11 is 0. The number of hydrogen-bond acceptors (Lipinski definition) is 2. The molecule has 0 radical (unpaired) electrons. The van der Waals surface area contributed by atoms with Crippen LogP contribution in [0.1, 0.15) is 46.3 Å². The van der Waals surface area contributed by atoms with E-state index in [1.165, 1.54) is 5.56 Å². The molecular weight excluding hydrogens is 234 g/mol. The van der Waals surface area contributed by atoms with Crippen molar-refractivity contribution in [3.63, 3.8) is 0 Å². The summed E-state index contributed by atoms with van der Waals surface area (Å²) in [5.41, 5.74) is 1.39. The van der Waals surface area contributed by atoms with E-state index in [-0.39, 0.29) is 11.5 Å². The molecule has 1 aromatic carbocycles. The molecule has 0 aliphatic heterocycles. The minimum absolute atomic E-state index is 0.116. The minimum atomic E-state index is 0.116. The van der Waals surface area contributed by atoms with Gasteiger partial charge in [-0.1, -0.05) is 65.0 Å². The Bertz CT molecular complexity index is 338. The quantitative estimate of drug-likeness (QED) is 0.733. The first-order valence-electron chi connectivity index (χ1n) is 7.38. The SMILES string of the molecule is CCN(CC)CCOC(c1ccccc1)C(C)(C)C. The van der Waals surface area contributed by atoms with Crippen molar-refractivity contribution in [2.45, 2.75) is 40.7 Å². The average Bonchev–Trinajstić information content (AvgIpc) is 2.38. The molecule has 19 heavy (non-hydrogen) atoms. The molecule has 0 saturated carbocycles. The number of likely N-dealkylation sites (N-methyl/N-ethyl adjacent to an activating group) is 1. The minimum Gasteiger partial charge on any atom is -0.372 e. The summed E-state index contributed by atoms with van der Waals surface area (Å²) in [4.78, 5) is 2.39. The fraction of sp³-hybridized carbons (Fsp3) is 0.647. The lowest BCUT2D eigenvalue weighted by Gasteiger charge is -2.32. The van der Waals surface area contributed by atoms with Gasteiger partial charge in [0.1, 0.15) is 0 Å². The lowest BCUT2D eigenvalue weighted by Crippen LogP contribution is -2.29. The van der Waals surface area contributed by atoms with E-state index in [1.54, 1.807) is 0 Å². The van der Waals surface area contributed by atoms with Crippen molar-refractivity contribution in [2.75, 3.05) is 26.2 Å². The highest BCUT2D eigenvalue weighted by Gasteiger charge is 2.26. The van der Waals surface area contributed by atoms with E-state index in [9.17, 15) is 0 Å². The van der Waals surface area contributed by atoms with Gasteiger partial charge in [-0.05, 0) is 24.1 Å². The van der Waals surface area contributed by atoms with Gasteiger partial charge in [-0.2, -0.15) is 0 Å². The summed E-state index contributed by atoms with van der Waals surface area (Å²) in [6, 6.07) is 10.5. The van der Waals surface area contributed by atoms with Crippen LogP contribution in [-0.4, -0.2) is 31.1 Å². The molecule has 1 rings (SSSR count). The highest BCUT2D eigenvalue weighted by Crippen LogP contribution is 2.35. The molecule has 1 aromatic rings. The van der Waals surface area contributed by atoms with E-state index >= 15 is 0 Å². The second-order valence-electron chi connectivity index (χ2n) is 6.05. The van der Waals surface area contributed by atoms with Crippen LogP contribution in [0.2, 0.25) is 0 Å². The first kappa shape index (κ1) is 16.2. The van der Waals surface area contributed by atoms with Gasteiger partial charge in [-0.3, -0.25) is 0 Å². The Morgan fingerprint density at radius 2 is 1.63 bits per heavy atom. The van der Waals surface area contributed by atoms with Crippen LogP contribution in [0.3, 0.4) is 0 Å². The van der Waals surface area contributed by atoms with Crippen LogP contribution >= 0.6 is 0 Å². The molecule has 0 heterocycles. The summed E-state index contributed by atoms with van der Waals surface area (Å²) in [6.45, 7) is 15.1. The van der Waals surface area contributed by atoms with E-state index in [0.29, 0.717) is 0 Å². The van der Waals surface area contributed by atoms with Gasteiger partial charge in [0, 0.05) is 6.54 Å². The summed E-state index contributed by atoms with van der Waals surface area (Å²) in [5, 5.41) is 0. The number of nitrogens with zero attached hydrogens (tertiary/aromatic N) is 1. The first-order valence-corrected chi connectivity index (χ1v) is 7.38. The highest BCUT2D eigenvalue weighted by atomic mass is 16.5. The molecule has 0 aliphatic carbocycles.